The molecule has 0 aliphatic carbocycles. The summed E-state index contributed by atoms with van der Waals surface area (Å²) < 4.78 is 6.69. The molecule has 110 valence electrons. The first-order valence-electron chi connectivity index (χ1n) is 6.37. The van der Waals surface area contributed by atoms with Crippen LogP contribution in [0.5, 0.6) is 5.75 Å². The molecule has 2 rings (SSSR count). The van der Waals surface area contributed by atoms with E-state index in [1.807, 2.05) is 6.92 Å². The predicted octanol–water partition coefficient (Wildman–Crippen LogP) is 2.23. The lowest BCUT2D eigenvalue weighted by Gasteiger charge is -2.10. The van der Waals surface area contributed by atoms with E-state index in [4.69, 9.17) is 4.74 Å². The van der Waals surface area contributed by atoms with Gasteiger partial charge in [-0.05, 0) is 41.6 Å². The highest BCUT2D eigenvalue weighted by atomic mass is 32.2. The zero-order chi connectivity index (χ0) is 15.2. The molecule has 1 heterocycles. The largest absolute Gasteiger partial charge is 0.497 e. The zero-order valence-electron chi connectivity index (χ0n) is 11.9. The normalized spacial score (nSPS) is 11.9. The van der Waals surface area contributed by atoms with Crippen molar-refractivity contribution in [2.75, 3.05) is 7.11 Å². The fourth-order valence-electron chi connectivity index (χ4n) is 1.72. The van der Waals surface area contributed by atoms with Gasteiger partial charge in [0.15, 0.2) is 5.78 Å². The van der Waals surface area contributed by atoms with Crippen molar-refractivity contribution >= 4 is 17.5 Å². The number of hydrogen-bond donors (Lipinski definition) is 0. The van der Waals surface area contributed by atoms with E-state index in [0.29, 0.717) is 17.3 Å². The molecule has 0 aliphatic heterocycles. The van der Waals surface area contributed by atoms with Crippen LogP contribution in [-0.2, 0) is 6.54 Å². The lowest BCUT2D eigenvalue weighted by molar-refractivity contribution is 0.0994. The van der Waals surface area contributed by atoms with Crippen molar-refractivity contribution in [3.05, 3.63) is 42.5 Å². The number of rotatable bonds is 7. The summed E-state index contributed by atoms with van der Waals surface area (Å²) in [6.45, 7) is 6.00. The second-order valence-electron chi connectivity index (χ2n) is 4.29. The van der Waals surface area contributed by atoms with Crippen molar-refractivity contribution in [2.45, 2.75) is 23.9 Å². The minimum absolute atomic E-state index is 0.0239. The number of hydrogen-bond acceptors (Lipinski definition) is 6. The quantitative estimate of drug-likeness (QED) is 0.444. The van der Waals surface area contributed by atoms with Crippen LogP contribution >= 0.6 is 11.8 Å². The number of thioether (sulfide) groups is 1. The number of aromatic nitrogens is 4. The SMILES string of the molecule is C=CCn1nnnc1SC(C)C(=O)c1ccc(OC)cc1. The average molecular weight is 304 g/mol. The number of nitrogens with zero attached hydrogens (tertiary/aromatic N) is 4. The van der Waals surface area contributed by atoms with E-state index in [0.717, 1.165) is 5.75 Å². The van der Waals surface area contributed by atoms with Crippen LogP contribution < -0.4 is 4.74 Å². The molecule has 1 aromatic carbocycles. The summed E-state index contributed by atoms with van der Waals surface area (Å²) in [4.78, 5) is 12.4. The van der Waals surface area contributed by atoms with Gasteiger partial charge in [0.2, 0.25) is 5.16 Å². The third-order valence-corrected chi connectivity index (χ3v) is 3.90. The molecule has 0 aliphatic rings. The maximum absolute atomic E-state index is 12.4. The first-order chi connectivity index (χ1) is 10.2. The second kappa shape index (κ2) is 7.03. The van der Waals surface area contributed by atoms with Gasteiger partial charge in [0.25, 0.3) is 0 Å². The molecule has 0 saturated heterocycles. The van der Waals surface area contributed by atoms with Gasteiger partial charge in [0, 0.05) is 5.56 Å². The first kappa shape index (κ1) is 15.2. The molecule has 0 N–H and O–H groups in total. The van der Waals surface area contributed by atoms with E-state index >= 15 is 0 Å². The number of tetrazole rings is 1. The third-order valence-electron chi connectivity index (χ3n) is 2.83. The number of allylic oxidation sites excluding steroid dienone is 1. The molecule has 0 radical (unpaired) electrons. The Hall–Kier alpha value is -2.15. The lowest BCUT2D eigenvalue weighted by Crippen LogP contribution is -2.14. The summed E-state index contributed by atoms with van der Waals surface area (Å²) in [5.74, 6) is 0.748. The monoisotopic (exact) mass is 304 g/mol. The van der Waals surface area contributed by atoms with E-state index in [-0.39, 0.29) is 11.0 Å². The Kier molecular flexibility index (Phi) is 5.10. The minimum atomic E-state index is -0.284. The van der Waals surface area contributed by atoms with Crippen LogP contribution in [-0.4, -0.2) is 38.4 Å². The summed E-state index contributed by atoms with van der Waals surface area (Å²) in [7, 11) is 1.59. The third kappa shape index (κ3) is 3.69. The Balaban J connectivity index is 2.07. The minimum Gasteiger partial charge on any atom is -0.497 e. The molecule has 6 nitrogen and oxygen atoms in total. The first-order valence-corrected chi connectivity index (χ1v) is 7.25. The van der Waals surface area contributed by atoms with Crippen molar-refractivity contribution < 1.29 is 9.53 Å². The van der Waals surface area contributed by atoms with E-state index in [2.05, 4.69) is 22.1 Å². The van der Waals surface area contributed by atoms with Crippen LogP contribution in [0, 0.1) is 0 Å². The Morgan fingerprint density at radius 2 is 2.19 bits per heavy atom. The molecular formula is C14H16N4O2S. The van der Waals surface area contributed by atoms with Crippen LogP contribution in [0.25, 0.3) is 0 Å². The Bertz CT molecular complexity index is 624. The zero-order valence-corrected chi connectivity index (χ0v) is 12.7. The van der Waals surface area contributed by atoms with Gasteiger partial charge < -0.3 is 4.74 Å². The van der Waals surface area contributed by atoms with Crippen LogP contribution in [0.3, 0.4) is 0 Å². The van der Waals surface area contributed by atoms with Gasteiger partial charge in [-0.3, -0.25) is 4.79 Å². The summed E-state index contributed by atoms with van der Waals surface area (Å²) >= 11 is 1.33. The summed E-state index contributed by atoms with van der Waals surface area (Å²) in [6.07, 6.45) is 1.70. The second-order valence-corrected chi connectivity index (χ2v) is 5.59. The molecule has 1 aromatic heterocycles. The molecule has 1 atom stereocenters. The van der Waals surface area contributed by atoms with Gasteiger partial charge in [0.05, 0.1) is 18.9 Å². The highest BCUT2D eigenvalue weighted by Gasteiger charge is 2.19. The molecular weight excluding hydrogens is 288 g/mol. The Labute approximate surface area is 127 Å². The molecule has 0 bridgehead atoms. The van der Waals surface area contributed by atoms with E-state index in [1.165, 1.54) is 11.8 Å². The standard InChI is InChI=1S/C14H16N4O2S/c1-4-9-18-14(15-16-17-18)21-10(2)13(19)11-5-7-12(20-3)8-6-11/h4-8,10H,1,9H2,2-3H3. The molecule has 7 heteroatoms. The number of ether oxygens (including phenoxy) is 1. The van der Waals surface area contributed by atoms with Gasteiger partial charge >= 0.3 is 0 Å². The number of carbonyl (C=O) groups is 1. The molecule has 0 fully saturated rings. The number of ketones is 1. The predicted molar refractivity (Wildman–Crippen MR) is 80.7 cm³/mol. The van der Waals surface area contributed by atoms with Gasteiger partial charge in [0.1, 0.15) is 5.75 Å². The molecule has 1 unspecified atom stereocenters. The maximum Gasteiger partial charge on any atom is 0.210 e. The summed E-state index contributed by atoms with van der Waals surface area (Å²) in [5, 5.41) is 11.7. The summed E-state index contributed by atoms with van der Waals surface area (Å²) in [5.41, 5.74) is 0.638. The number of benzene rings is 1. The van der Waals surface area contributed by atoms with E-state index < -0.39 is 0 Å². The molecule has 21 heavy (non-hydrogen) atoms. The topological polar surface area (TPSA) is 69.9 Å². The lowest BCUT2D eigenvalue weighted by atomic mass is 10.1. The highest BCUT2D eigenvalue weighted by Crippen LogP contribution is 2.24. The fraction of sp³-hybridized carbons (Fsp3) is 0.286. The summed E-state index contributed by atoms with van der Waals surface area (Å²) in [6, 6.07) is 7.05. The van der Waals surface area contributed by atoms with Crippen molar-refractivity contribution in [2.24, 2.45) is 0 Å². The molecule has 2 aromatic rings. The Morgan fingerprint density at radius 1 is 1.48 bits per heavy atom. The average Bonchev–Trinajstić information content (AvgIpc) is 2.94. The van der Waals surface area contributed by atoms with Crippen molar-refractivity contribution in [3.63, 3.8) is 0 Å². The fourth-order valence-corrected chi connectivity index (χ4v) is 2.60. The van der Waals surface area contributed by atoms with Gasteiger partial charge in [-0.1, -0.05) is 17.8 Å². The highest BCUT2D eigenvalue weighted by molar-refractivity contribution is 8.00. The molecule has 0 saturated carbocycles. The molecule has 0 amide bonds. The van der Waals surface area contributed by atoms with Crippen LogP contribution in [0.1, 0.15) is 17.3 Å². The number of carbonyl (C=O) groups excluding carboxylic acids is 1. The van der Waals surface area contributed by atoms with Crippen molar-refractivity contribution in [1.82, 2.24) is 20.2 Å². The van der Waals surface area contributed by atoms with Crippen LogP contribution in [0.15, 0.2) is 42.1 Å². The Morgan fingerprint density at radius 3 is 2.81 bits per heavy atom. The van der Waals surface area contributed by atoms with E-state index in [1.54, 1.807) is 42.1 Å². The van der Waals surface area contributed by atoms with Crippen LogP contribution in [0.2, 0.25) is 0 Å². The van der Waals surface area contributed by atoms with Gasteiger partial charge in [-0.2, -0.15) is 0 Å². The van der Waals surface area contributed by atoms with E-state index in [9.17, 15) is 4.79 Å². The number of Topliss-reactive ketones (excluding diaryl/α,β-unsaturated/α-hetero) is 1. The smallest absolute Gasteiger partial charge is 0.210 e. The van der Waals surface area contributed by atoms with Crippen molar-refractivity contribution in [3.8, 4) is 5.75 Å². The van der Waals surface area contributed by atoms with Gasteiger partial charge in [-0.15, -0.1) is 11.7 Å². The van der Waals surface area contributed by atoms with Crippen molar-refractivity contribution in [1.29, 1.82) is 0 Å². The molecule has 0 spiro atoms. The van der Waals surface area contributed by atoms with Crippen LogP contribution in [0.4, 0.5) is 0 Å². The maximum atomic E-state index is 12.4. The van der Waals surface area contributed by atoms with Gasteiger partial charge in [-0.25, -0.2) is 4.68 Å². The number of methoxy groups -OCH3 is 1.